The maximum absolute atomic E-state index is 12.6. The molecule has 0 unspecified atom stereocenters. The van der Waals surface area contributed by atoms with Crippen LogP contribution < -0.4 is 0 Å². The van der Waals surface area contributed by atoms with Gasteiger partial charge in [-0.15, -0.1) is 0 Å². The molecule has 0 aliphatic heterocycles. The fraction of sp³-hybridized carbons (Fsp3) is 0.900. The molecule has 5 fully saturated rings. The molecule has 5 aliphatic rings. The molecule has 0 heterocycles. The summed E-state index contributed by atoms with van der Waals surface area (Å²) in [4.78, 5) is 12.6. The van der Waals surface area contributed by atoms with E-state index in [4.69, 9.17) is 0 Å². The first-order chi connectivity index (χ1) is 15.4. The van der Waals surface area contributed by atoms with Crippen molar-refractivity contribution in [2.75, 3.05) is 6.61 Å². The molecule has 0 bridgehead atoms. The lowest BCUT2D eigenvalue weighted by atomic mass is 9.32. The Balaban J connectivity index is 1.55. The van der Waals surface area contributed by atoms with Gasteiger partial charge >= 0.3 is 0 Å². The first-order valence-electron chi connectivity index (χ1n) is 13.8. The van der Waals surface area contributed by atoms with Crippen LogP contribution in [-0.4, -0.2) is 29.2 Å². The number of hydrogen-bond acceptors (Lipinski definition) is 3. The van der Waals surface area contributed by atoms with Crippen molar-refractivity contribution >= 4 is 6.29 Å². The molecule has 0 aromatic heterocycles. The Morgan fingerprint density at radius 1 is 0.879 bits per heavy atom. The fourth-order valence-corrected chi connectivity index (χ4v) is 11.4. The van der Waals surface area contributed by atoms with E-state index in [9.17, 15) is 15.0 Å². The van der Waals surface area contributed by atoms with Gasteiger partial charge in [-0.1, -0.05) is 41.2 Å². The molecule has 186 valence electrons. The topological polar surface area (TPSA) is 57.5 Å². The zero-order valence-corrected chi connectivity index (χ0v) is 21.8. The number of carbonyl (C=O) groups is 1. The number of aliphatic hydroxyl groups excluding tert-OH is 2. The Kier molecular flexibility index (Phi) is 5.40. The summed E-state index contributed by atoms with van der Waals surface area (Å²) < 4.78 is 0. The van der Waals surface area contributed by atoms with E-state index in [1.807, 2.05) is 0 Å². The first-order valence-corrected chi connectivity index (χ1v) is 13.8. The molecule has 33 heavy (non-hydrogen) atoms. The van der Waals surface area contributed by atoms with E-state index >= 15 is 0 Å². The van der Waals surface area contributed by atoms with Gasteiger partial charge in [0.2, 0.25) is 0 Å². The summed E-state index contributed by atoms with van der Waals surface area (Å²) in [5.74, 6) is 2.44. The number of carbonyl (C=O) groups excluding carboxylic acids is 1. The van der Waals surface area contributed by atoms with E-state index in [0.29, 0.717) is 29.6 Å². The minimum atomic E-state index is -0.200. The highest BCUT2D eigenvalue weighted by molar-refractivity contribution is 5.62. The molecule has 2 N–H and O–H groups in total. The Labute approximate surface area is 201 Å². The Bertz CT molecular complexity index is 832. The first kappa shape index (κ1) is 24.0. The van der Waals surface area contributed by atoms with Crippen molar-refractivity contribution < 1.29 is 15.0 Å². The number of aliphatic hydroxyl groups is 2. The van der Waals surface area contributed by atoms with Gasteiger partial charge in [-0.25, -0.2) is 0 Å². The quantitative estimate of drug-likeness (QED) is 0.394. The summed E-state index contributed by atoms with van der Waals surface area (Å²) in [6.07, 6.45) is 12.3. The third-order valence-corrected chi connectivity index (χ3v) is 13.4. The van der Waals surface area contributed by atoms with Gasteiger partial charge in [-0.2, -0.15) is 0 Å². The van der Waals surface area contributed by atoms with Crippen molar-refractivity contribution in [1.29, 1.82) is 0 Å². The number of fused-ring (bicyclic) bond motifs is 7. The summed E-state index contributed by atoms with van der Waals surface area (Å²) in [5.41, 5.74) is 1.52. The number of aldehydes is 1. The van der Waals surface area contributed by atoms with Crippen LogP contribution >= 0.6 is 0 Å². The maximum atomic E-state index is 12.6. The van der Waals surface area contributed by atoms with E-state index in [-0.39, 0.29) is 39.8 Å². The number of hydrogen-bond donors (Lipinski definition) is 2. The van der Waals surface area contributed by atoms with Crippen molar-refractivity contribution in [3.05, 3.63) is 12.2 Å². The Hall–Kier alpha value is -0.670. The molecule has 0 spiro atoms. The molecule has 0 aromatic rings. The molecular formula is C30H48O3. The summed E-state index contributed by atoms with van der Waals surface area (Å²) in [7, 11) is 0. The van der Waals surface area contributed by atoms with Gasteiger partial charge in [-0.3, -0.25) is 0 Å². The summed E-state index contributed by atoms with van der Waals surface area (Å²) in [6, 6.07) is 0. The predicted octanol–water partition coefficient (Wildman–Crippen LogP) is 6.18. The minimum absolute atomic E-state index is 0.0132. The fourth-order valence-electron chi connectivity index (χ4n) is 11.4. The zero-order valence-electron chi connectivity index (χ0n) is 21.8. The van der Waals surface area contributed by atoms with Gasteiger partial charge in [0.25, 0.3) is 0 Å². The van der Waals surface area contributed by atoms with Crippen molar-refractivity contribution in [2.45, 2.75) is 105 Å². The molecule has 0 saturated heterocycles. The van der Waals surface area contributed by atoms with E-state index in [1.54, 1.807) is 0 Å². The van der Waals surface area contributed by atoms with Crippen LogP contribution in [-0.2, 0) is 4.79 Å². The summed E-state index contributed by atoms with van der Waals surface area (Å²) in [5, 5.41) is 20.9. The summed E-state index contributed by atoms with van der Waals surface area (Å²) >= 11 is 0. The molecule has 5 rings (SSSR count). The van der Waals surface area contributed by atoms with Crippen molar-refractivity contribution in [1.82, 2.24) is 0 Å². The lowest BCUT2D eigenvalue weighted by molar-refractivity contribution is -0.245. The zero-order chi connectivity index (χ0) is 24.0. The second-order valence-electron chi connectivity index (χ2n) is 14.4. The van der Waals surface area contributed by atoms with E-state index in [1.165, 1.54) is 32.0 Å². The molecular weight excluding hydrogens is 408 g/mol. The molecule has 3 nitrogen and oxygen atoms in total. The molecule has 0 aromatic carbocycles. The van der Waals surface area contributed by atoms with Gasteiger partial charge < -0.3 is 15.0 Å². The molecule has 5 aliphatic carbocycles. The molecule has 0 amide bonds. The van der Waals surface area contributed by atoms with Crippen molar-refractivity contribution in [3.63, 3.8) is 0 Å². The van der Waals surface area contributed by atoms with Crippen LogP contribution in [0.3, 0.4) is 0 Å². The molecule has 3 heteroatoms. The summed E-state index contributed by atoms with van der Waals surface area (Å²) in [6.45, 7) is 16.7. The molecule has 10 atom stereocenters. The normalized spacial score (nSPS) is 55.0. The molecule has 5 saturated carbocycles. The van der Waals surface area contributed by atoms with E-state index < -0.39 is 0 Å². The number of rotatable bonds is 3. The van der Waals surface area contributed by atoms with Gasteiger partial charge in [0.05, 0.1) is 12.7 Å². The standard InChI is InChI=1S/C30H48O3/c1-19(17-31)20-9-14-30(18-32)16-15-28(5)21(25(20)30)7-8-23-27(4)12-11-24(33)26(2,3)22(27)10-13-29(23,28)6/h18,20-25,31,33H,1,7-17H2,2-6H3/t20-,21+,22-,23+,24-,25+,27-,28+,29+,30+/m0/s1. The molecule has 0 radical (unpaired) electrons. The van der Waals surface area contributed by atoms with E-state index in [0.717, 1.165) is 44.1 Å². The predicted molar refractivity (Wildman–Crippen MR) is 132 cm³/mol. The van der Waals surface area contributed by atoms with Crippen LogP contribution in [0, 0.1) is 56.7 Å². The second-order valence-corrected chi connectivity index (χ2v) is 14.4. The highest BCUT2D eigenvalue weighted by Crippen LogP contribution is 2.77. The van der Waals surface area contributed by atoms with Gasteiger partial charge in [-0.05, 0) is 121 Å². The van der Waals surface area contributed by atoms with Crippen LogP contribution in [0.4, 0.5) is 0 Å². The lowest BCUT2D eigenvalue weighted by Gasteiger charge is -2.72. The Morgan fingerprint density at radius 2 is 1.61 bits per heavy atom. The SMILES string of the molecule is C=C(CO)[C@@H]1CC[C@]2(C=O)CC[C@]3(C)[C@H](CC[C@@H]4[C@@]5(C)CC[C@H](O)C(C)(C)[C@@H]5CC[C@]43C)[C@@H]12. The third-order valence-electron chi connectivity index (χ3n) is 13.4. The van der Waals surface area contributed by atoms with Crippen LogP contribution in [0.2, 0.25) is 0 Å². The smallest absolute Gasteiger partial charge is 0.126 e. The average molecular weight is 457 g/mol. The highest BCUT2D eigenvalue weighted by atomic mass is 16.3. The van der Waals surface area contributed by atoms with Crippen LogP contribution in [0.25, 0.3) is 0 Å². The lowest BCUT2D eigenvalue weighted by Crippen LogP contribution is -2.66. The van der Waals surface area contributed by atoms with Crippen molar-refractivity contribution in [2.24, 2.45) is 56.7 Å². The Morgan fingerprint density at radius 3 is 2.27 bits per heavy atom. The largest absolute Gasteiger partial charge is 0.393 e. The van der Waals surface area contributed by atoms with Crippen molar-refractivity contribution in [3.8, 4) is 0 Å². The van der Waals surface area contributed by atoms with Crippen LogP contribution in [0.1, 0.15) is 98.8 Å². The van der Waals surface area contributed by atoms with Crippen LogP contribution in [0.5, 0.6) is 0 Å². The monoisotopic (exact) mass is 456 g/mol. The van der Waals surface area contributed by atoms with Gasteiger partial charge in [0, 0.05) is 5.41 Å². The average Bonchev–Trinajstić information content (AvgIpc) is 3.17. The highest BCUT2D eigenvalue weighted by Gasteiger charge is 2.70. The third kappa shape index (κ3) is 2.85. The van der Waals surface area contributed by atoms with E-state index in [2.05, 4.69) is 41.2 Å². The van der Waals surface area contributed by atoms with Crippen LogP contribution in [0.15, 0.2) is 12.2 Å². The maximum Gasteiger partial charge on any atom is 0.126 e. The van der Waals surface area contributed by atoms with Gasteiger partial charge in [0.15, 0.2) is 0 Å². The van der Waals surface area contributed by atoms with Gasteiger partial charge in [0.1, 0.15) is 6.29 Å². The minimum Gasteiger partial charge on any atom is -0.393 e. The second kappa shape index (κ2) is 7.42.